The minimum absolute atomic E-state index is 0.0995. The van der Waals surface area contributed by atoms with Crippen LogP contribution in [0.1, 0.15) is 12.5 Å². The molecular formula is C15H19N3O2. The zero-order valence-corrected chi connectivity index (χ0v) is 11.7. The molecule has 5 nitrogen and oxygen atoms in total. The van der Waals surface area contributed by atoms with Gasteiger partial charge in [0.2, 0.25) is 0 Å². The van der Waals surface area contributed by atoms with E-state index in [1.54, 1.807) is 4.90 Å². The number of rotatable bonds is 3. The Labute approximate surface area is 119 Å². The van der Waals surface area contributed by atoms with Gasteiger partial charge in [0, 0.05) is 26.2 Å². The van der Waals surface area contributed by atoms with E-state index in [1.165, 1.54) is 0 Å². The quantitative estimate of drug-likeness (QED) is 0.843. The van der Waals surface area contributed by atoms with Crippen molar-refractivity contribution in [3.8, 4) is 6.07 Å². The normalized spacial score (nSPS) is 17.3. The summed E-state index contributed by atoms with van der Waals surface area (Å²) in [7, 11) is 0. The zero-order valence-electron chi connectivity index (χ0n) is 11.7. The van der Waals surface area contributed by atoms with Crippen molar-refractivity contribution in [2.24, 2.45) is 0 Å². The summed E-state index contributed by atoms with van der Waals surface area (Å²) >= 11 is 0. The van der Waals surface area contributed by atoms with Crippen LogP contribution < -0.4 is 0 Å². The first kappa shape index (κ1) is 14.4. The molecule has 0 radical (unpaired) electrons. The molecular weight excluding hydrogens is 254 g/mol. The number of amides is 1. The summed E-state index contributed by atoms with van der Waals surface area (Å²) < 4.78 is 5.29. The van der Waals surface area contributed by atoms with Crippen LogP contribution in [0.5, 0.6) is 0 Å². The van der Waals surface area contributed by atoms with Gasteiger partial charge in [-0.3, -0.25) is 4.90 Å². The van der Waals surface area contributed by atoms with Crippen molar-refractivity contribution in [1.29, 1.82) is 5.26 Å². The Morgan fingerprint density at radius 2 is 1.95 bits per heavy atom. The van der Waals surface area contributed by atoms with Crippen molar-refractivity contribution in [3.05, 3.63) is 35.9 Å². The lowest BCUT2D eigenvalue weighted by atomic mass is 10.2. The SMILES string of the molecule is C[C@@H](C#N)N1CCN(C(=O)OCc2ccccc2)CC1. The van der Waals surface area contributed by atoms with Crippen molar-refractivity contribution in [1.82, 2.24) is 9.80 Å². The summed E-state index contributed by atoms with van der Waals surface area (Å²) in [6.45, 7) is 4.83. The number of piperazine rings is 1. The Morgan fingerprint density at radius 3 is 2.55 bits per heavy atom. The van der Waals surface area contributed by atoms with Crippen LogP contribution in [0.2, 0.25) is 0 Å². The minimum atomic E-state index is -0.280. The third-order valence-corrected chi connectivity index (χ3v) is 3.51. The number of ether oxygens (including phenoxy) is 1. The van der Waals surface area contributed by atoms with Crippen molar-refractivity contribution in [2.75, 3.05) is 26.2 Å². The molecule has 0 aromatic heterocycles. The second kappa shape index (κ2) is 6.92. The highest BCUT2D eigenvalue weighted by molar-refractivity contribution is 5.67. The second-order valence-corrected chi connectivity index (χ2v) is 4.87. The third kappa shape index (κ3) is 3.72. The number of carbonyl (C=O) groups excluding carboxylic acids is 1. The molecule has 0 saturated carbocycles. The molecule has 1 amide bonds. The van der Waals surface area contributed by atoms with Crippen LogP contribution in [0.25, 0.3) is 0 Å². The van der Waals surface area contributed by atoms with Crippen LogP contribution in [0.4, 0.5) is 4.79 Å². The molecule has 20 heavy (non-hydrogen) atoms. The molecule has 1 aromatic rings. The maximum absolute atomic E-state index is 11.9. The molecule has 1 aliphatic rings. The summed E-state index contributed by atoms with van der Waals surface area (Å²) in [5.74, 6) is 0. The van der Waals surface area contributed by atoms with Gasteiger partial charge in [-0.2, -0.15) is 5.26 Å². The molecule has 0 unspecified atom stereocenters. The monoisotopic (exact) mass is 273 g/mol. The lowest BCUT2D eigenvalue weighted by Gasteiger charge is -2.35. The molecule has 0 spiro atoms. The zero-order chi connectivity index (χ0) is 14.4. The number of hydrogen-bond acceptors (Lipinski definition) is 4. The maximum Gasteiger partial charge on any atom is 0.410 e. The molecule has 1 aliphatic heterocycles. The molecule has 1 aromatic carbocycles. The van der Waals surface area contributed by atoms with Gasteiger partial charge >= 0.3 is 6.09 Å². The van der Waals surface area contributed by atoms with E-state index in [0.717, 1.165) is 18.7 Å². The first-order chi connectivity index (χ1) is 9.70. The van der Waals surface area contributed by atoms with Crippen LogP contribution >= 0.6 is 0 Å². The fourth-order valence-electron chi connectivity index (χ4n) is 2.18. The largest absolute Gasteiger partial charge is 0.445 e. The molecule has 0 aliphatic carbocycles. The predicted molar refractivity (Wildman–Crippen MR) is 74.8 cm³/mol. The van der Waals surface area contributed by atoms with E-state index in [4.69, 9.17) is 10.00 Å². The fraction of sp³-hybridized carbons (Fsp3) is 0.467. The fourth-order valence-corrected chi connectivity index (χ4v) is 2.18. The Kier molecular flexibility index (Phi) is 4.97. The highest BCUT2D eigenvalue weighted by Crippen LogP contribution is 2.08. The van der Waals surface area contributed by atoms with E-state index in [-0.39, 0.29) is 12.1 Å². The average molecular weight is 273 g/mol. The van der Waals surface area contributed by atoms with Gasteiger partial charge in [-0.1, -0.05) is 30.3 Å². The van der Waals surface area contributed by atoms with Gasteiger partial charge in [0.25, 0.3) is 0 Å². The first-order valence-corrected chi connectivity index (χ1v) is 6.80. The topological polar surface area (TPSA) is 56.6 Å². The lowest BCUT2D eigenvalue weighted by molar-refractivity contribution is 0.0677. The summed E-state index contributed by atoms with van der Waals surface area (Å²) in [5.41, 5.74) is 0.984. The van der Waals surface area contributed by atoms with Gasteiger partial charge in [0.15, 0.2) is 0 Å². The van der Waals surface area contributed by atoms with Gasteiger partial charge < -0.3 is 9.64 Å². The highest BCUT2D eigenvalue weighted by Gasteiger charge is 2.24. The number of benzene rings is 1. The Bertz CT molecular complexity index is 476. The number of hydrogen-bond donors (Lipinski definition) is 0. The van der Waals surface area contributed by atoms with Gasteiger partial charge in [-0.15, -0.1) is 0 Å². The van der Waals surface area contributed by atoms with Gasteiger partial charge in [0.1, 0.15) is 6.61 Å². The molecule has 106 valence electrons. The summed E-state index contributed by atoms with van der Waals surface area (Å²) in [6.07, 6.45) is -0.280. The van der Waals surface area contributed by atoms with Crippen LogP contribution in [0, 0.1) is 11.3 Å². The second-order valence-electron chi connectivity index (χ2n) is 4.87. The van der Waals surface area contributed by atoms with E-state index in [9.17, 15) is 4.79 Å². The summed E-state index contributed by atoms with van der Waals surface area (Å²) in [5, 5.41) is 8.88. The number of nitriles is 1. The highest BCUT2D eigenvalue weighted by atomic mass is 16.6. The van der Waals surface area contributed by atoms with Crippen LogP contribution in [0.3, 0.4) is 0 Å². The molecule has 1 saturated heterocycles. The van der Waals surface area contributed by atoms with Crippen LogP contribution in [-0.4, -0.2) is 48.1 Å². The van der Waals surface area contributed by atoms with Crippen molar-refractivity contribution >= 4 is 6.09 Å². The van der Waals surface area contributed by atoms with Crippen molar-refractivity contribution < 1.29 is 9.53 Å². The van der Waals surface area contributed by atoms with Gasteiger partial charge in [-0.25, -0.2) is 4.79 Å². The predicted octanol–water partition coefficient (Wildman–Crippen LogP) is 1.85. The summed E-state index contributed by atoms with van der Waals surface area (Å²) in [6, 6.07) is 11.8. The maximum atomic E-state index is 11.9. The Hall–Kier alpha value is -2.06. The van der Waals surface area contributed by atoms with E-state index in [2.05, 4.69) is 11.0 Å². The third-order valence-electron chi connectivity index (χ3n) is 3.51. The van der Waals surface area contributed by atoms with E-state index >= 15 is 0 Å². The standard InChI is InChI=1S/C15H19N3O2/c1-13(11-16)17-7-9-18(10-8-17)15(19)20-12-14-5-3-2-4-6-14/h2-6,13H,7-10,12H2,1H3/t13-/m0/s1. The molecule has 2 rings (SSSR count). The van der Waals surface area contributed by atoms with E-state index in [1.807, 2.05) is 37.3 Å². The van der Waals surface area contributed by atoms with Crippen molar-refractivity contribution in [3.63, 3.8) is 0 Å². The Morgan fingerprint density at radius 1 is 1.30 bits per heavy atom. The number of carbonyl (C=O) groups is 1. The molecule has 0 N–H and O–H groups in total. The van der Waals surface area contributed by atoms with Crippen LogP contribution in [0.15, 0.2) is 30.3 Å². The molecule has 1 heterocycles. The van der Waals surface area contributed by atoms with Gasteiger partial charge in [0.05, 0.1) is 12.1 Å². The molecule has 1 fully saturated rings. The summed E-state index contributed by atoms with van der Waals surface area (Å²) in [4.78, 5) is 15.7. The minimum Gasteiger partial charge on any atom is -0.445 e. The smallest absolute Gasteiger partial charge is 0.410 e. The molecule has 0 bridgehead atoms. The first-order valence-electron chi connectivity index (χ1n) is 6.80. The van der Waals surface area contributed by atoms with E-state index < -0.39 is 0 Å². The van der Waals surface area contributed by atoms with Gasteiger partial charge in [-0.05, 0) is 12.5 Å². The van der Waals surface area contributed by atoms with Crippen LogP contribution in [-0.2, 0) is 11.3 Å². The molecule has 5 heteroatoms. The number of nitrogens with zero attached hydrogens (tertiary/aromatic N) is 3. The van der Waals surface area contributed by atoms with E-state index in [0.29, 0.717) is 19.7 Å². The lowest BCUT2D eigenvalue weighted by Crippen LogP contribution is -2.51. The Balaban J connectivity index is 1.76. The molecule has 1 atom stereocenters. The van der Waals surface area contributed by atoms with Crippen molar-refractivity contribution in [2.45, 2.75) is 19.6 Å². The average Bonchev–Trinajstić information content (AvgIpc) is 2.53.